The Morgan fingerprint density at radius 3 is 2.44 bits per heavy atom. The van der Waals surface area contributed by atoms with Gasteiger partial charge in [0.2, 0.25) is 0 Å². The maximum atomic E-state index is 12.7. The number of para-hydroxylation sites is 1. The summed E-state index contributed by atoms with van der Waals surface area (Å²) in [7, 11) is 0. The van der Waals surface area contributed by atoms with Gasteiger partial charge >= 0.3 is 6.18 Å². The third kappa shape index (κ3) is 3.91. The van der Waals surface area contributed by atoms with E-state index in [0.717, 1.165) is 12.5 Å². The minimum absolute atomic E-state index is 0.0854. The van der Waals surface area contributed by atoms with Gasteiger partial charge in [0.25, 0.3) is 0 Å². The zero-order chi connectivity index (χ0) is 13.8. The molecular weight excluding hydrogens is 243 g/mol. The first-order valence-corrected chi connectivity index (χ1v) is 5.90. The van der Waals surface area contributed by atoms with Crippen LogP contribution in [-0.2, 0) is 6.18 Å². The van der Waals surface area contributed by atoms with E-state index >= 15 is 0 Å². The van der Waals surface area contributed by atoms with Crippen molar-refractivity contribution in [2.45, 2.75) is 32.5 Å². The summed E-state index contributed by atoms with van der Waals surface area (Å²) in [5.41, 5.74) is 5.07. The quantitative estimate of drug-likeness (QED) is 0.881. The van der Waals surface area contributed by atoms with Crippen molar-refractivity contribution in [1.82, 2.24) is 0 Å². The Morgan fingerprint density at radius 2 is 1.89 bits per heavy atom. The second kappa shape index (κ2) is 6.09. The van der Waals surface area contributed by atoms with Gasteiger partial charge in [-0.3, -0.25) is 0 Å². The van der Waals surface area contributed by atoms with Gasteiger partial charge in [0.15, 0.2) is 0 Å². The molecule has 18 heavy (non-hydrogen) atoms. The van der Waals surface area contributed by atoms with Crippen LogP contribution in [0.4, 0.5) is 13.2 Å². The van der Waals surface area contributed by atoms with Crippen LogP contribution in [0.25, 0.3) is 0 Å². The summed E-state index contributed by atoms with van der Waals surface area (Å²) in [5, 5.41) is 0. The summed E-state index contributed by atoms with van der Waals surface area (Å²) in [4.78, 5) is 0. The molecule has 1 aromatic rings. The molecule has 0 radical (unpaired) electrons. The molecule has 0 spiro atoms. The van der Waals surface area contributed by atoms with E-state index in [-0.39, 0.29) is 24.3 Å². The Bertz CT molecular complexity index is 379. The van der Waals surface area contributed by atoms with Gasteiger partial charge in [0.05, 0.1) is 5.56 Å². The van der Waals surface area contributed by atoms with Crippen molar-refractivity contribution in [2.75, 3.05) is 6.61 Å². The zero-order valence-electron chi connectivity index (χ0n) is 10.5. The molecule has 0 aliphatic carbocycles. The molecule has 2 atom stereocenters. The topological polar surface area (TPSA) is 35.2 Å². The van der Waals surface area contributed by atoms with Crippen molar-refractivity contribution in [1.29, 1.82) is 0 Å². The number of ether oxygens (including phenoxy) is 1. The Hall–Kier alpha value is -1.23. The fraction of sp³-hybridized carbons (Fsp3) is 0.538. The molecule has 1 rings (SSSR count). The lowest BCUT2D eigenvalue weighted by atomic mass is 10.0. The van der Waals surface area contributed by atoms with Gasteiger partial charge in [-0.1, -0.05) is 32.4 Å². The van der Waals surface area contributed by atoms with Crippen LogP contribution in [0.2, 0.25) is 0 Å². The summed E-state index contributed by atoms with van der Waals surface area (Å²) in [6.07, 6.45) is -3.54. The molecule has 0 aliphatic heterocycles. The molecule has 102 valence electrons. The van der Waals surface area contributed by atoms with E-state index in [4.69, 9.17) is 10.5 Å². The molecule has 0 fully saturated rings. The molecule has 0 saturated carbocycles. The Morgan fingerprint density at radius 1 is 1.28 bits per heavy atom. The first kappa shape index (κ1) is 14.8. The number of hydrogen-bond donors (Lipinski definition) is 1. The van der Waals surface area contributed by atoms with E-state index in [2.05, 4.69) is 0 Å². The third-order valence-electron chi connectivity index (χ3n) is 3.00. The van der Waals surface area contributed by atoms with Crippen LogP contribution < -0.4 is 10.5 Å². The highest BCUT2D eigenvalue weighted by molar-refractivity contribution is 5.35. The first-order chi connectivity index (χ1) is 8.36. The summed E-state index contributed by atoms with van der Waals surface area (Å²) < 4.78 is 43.3. The van der Waals surface area contributed by atoms with E-state index in [1.165, 1.54) is 18.2 Å². The van der Waals surface area contributed by atoms with Gasteiger partial charge in [-0.2, -0.15) is 13.2 Å². The molecular formula is C13H18F3NO. The first-order valence-electron chi connectivity index (χ1n) is 5.90. The summed E-state index contributed by atoms with van der Waals surface area (Å²) in [6.45, 7) is 4.01. The molecule has 0 heterocycles. The fourth-order valence-corrected chi connectivity index (χ4v) is 1.48. The number of rotatable bonds is 5. The normalized spacial score (nSPS) is 15.2. The van der Waals surface area contributed by atoms with Gasteiger partial charge in [0, 0.05) is 6.04 Å². The van der Waals surface area contributed by atoms with Crippen LogP contribution in [0.15, 0.2) is 24.3 Å². The standard InChI is InChI=1S/C13H18F3NO/c1-3-9(2)11(17)8-18-12-7-5-4-6-10(12)13(14,15)16/h4-7,9,11H,3,8,17H2,1-2H3. The molecule has 2 unspecified atom stereocenters. The van der Waals surface area contributed by atoms with Gasteiger partial charge in [0.1, 0.15) is 12.4 Å². The lowest BCUT2D eigenvalue weighted by molar-refractivity contribution is -0.139. The van der Waals surface area contributed by atoms with Gasteiger partial charge in [-0.25, -0.2) is 0 Å². The van der Waals surface area contributed by atoms with Gasteiger partial charge < -0.3 is 10.5 Å². The van der Waals surface area contributed by atoms with Crippen LogP contribution >= 0.6 is 0 Å². The van der Waals surface area contributed by atoms with Crippen molar-refractivity contribution in [3.8, 4) is 5.75 Å². The Balaban J connectivity index is 2.74. The monoisotopic (exact) mass is 261 g/mol. The van der Waals surface area contributed by atoms with Crippen molar-refractivity contribution in [3.05, 3.63) is 29.8 Å². The maximum Gasteiger partial charge on any atom is 0.419 e. The van der Waals surface area contributed by atoms with Crippen molar-refractivity contribution >= 4 is 0 Å². The van der Waals surface area contributed by atoms with Gasteiger partial charge in [-0.15, -0.1) is 0 Å². The number of halogens is 3. The number of alkyl halides is 3. The van der Waals surface area contributed by atoms with E-state index in [1.54, 1.807) is 0 Å². The predicted octanol–water partition coefficient (Wildman–Crippen LogP) is 3.46. The summed E-state index contributed by atoms with van der Waals surface area (Å²) in [5.74, 6) is 0.0480. The zero-order valence-corrected chi connectivity index (χ0v) is 10.5. The molecule has 0 saturated heterocycles. The smallest absolute Gasteiger partial charge is 0.419 e. The van der Waals surface area contributed by atoms with E-state index < -0.39 is 11.7 Å². The maximum absolute atomic E-state index is 12.7. The highest BCUT2D eigenvalue weighted by Crippen LogP contribution is 2.35. The van der Waals surface area contributed by atoms with Crippen LogP contribution in [0.1, 0.15) is 25.8 Å². The molecule has 0 aromatic heterocycles. The Labute approximate surface area is 105 Å². The fourth-order valence-electron chi connectivity index (χ4n) is 1.48. The molecule has 0 bridgehead atoms. The SMILES string of the molecule is CCC(C)C(N)COc1ccccc1C(F)(F)F. The van der Waals surface area contributed by atoms with Crippen molar-refractivity contribution < 1.29 is 17.9 Å². The summed E-state index contributed by atoms with van der Waals surface area (Å²) >= 11 is 0. The largest absolute Gasteiger partial charge is 0.491 e. The molecule has 0 aliphatic rings. The minimum atomic E-state index is -4.41. The summed E-state index contributed by atoms with van der Waals surface area (Å²) in [6, 6.07) is 4.90. The molecule has 0 amide bonds. The average molecular weight is 261 g/mol. The van der Waals surface area contributed by atoms with E-state index in [1.807, 2.05) is 13.8 Å². The lowest BCUT2D eigenvalue weighted by Gasteiger charge is -2.20. The highest BCUT2D eigenvalue weighted by Gasteiger charge is 2.34. The van der Waals surface area contributed by atoms with Gasteiger partial charge in [-0.05, 0) is 18.1 Å². The highest BCUT2D eigenvalue weighted by atomic mass is 19.4. The van der Waals surface area contributed by atoms with Crippen LogP contribution in [0.5, 0.6) is 5.75 Å². The van der Waals surface area contributed by atoms with E-state index in [0.29, 0.717) is 0 Å². The molecule has 5 heteroatoms. The number of benzene rings is 1. The van der Waals surface area contributed by atoms with Crippen molar-refractivity contribution in [3.63, 3.8) is 0 Å². The second-order valence-electron chi connectivity index (χ2n) is 4.35. The molecule has 1 aromatic carbocycles. The third-order valence-corrected chi connectivity index (χ3v) is 3.00. The molecule has 2 nitrogen and oxygen atoms in total. The van der Waals surface area contributed by atoms with Crippen LogP contribution in [-0.4, -0.2) is 12.6 Å². The van der Waals surface area contributed by atoms with Crippen LogP contribution in [0, 0.1) is 5.92 Å². The lowest BCUT2D eigenvalue weighted by Crippen LogP contribution is -2.34. The minimum Gasteiger partial charge on any atom is -0.491 e. The average Bonchev–Trinajstić information content (AvgIpc) is 2.34. The van der Waals surface area contributed by atoms with E-state index in [9.17, 15) is 13.2 Å². The second-order valence-corrected chi connectivity index (χ2v) is 4.35. The number of hydrogen-bond acceptors (Lipinski definition) is 2. The van der Waals surface area contributed by atoms with Crippen LogP contribution in [0.3, 0.4) is 0 Å². The molecule has 2 N–H and O–H groups in total. The predicted molar refractivity (Wildman–Crippen MR) is 64.4 cm³/mol. The van der Waals surface area contributed by atoms with Crippen molar-refractivity contribution in [2.24, 2.45) is 11.7 Å². The number of nitrogens with two attached hydrogens (primary N) is 1. The Kier molecular flexibility index (Phi) is 5.02.